The lowest BCUT2D eigenvalue weighted by Crippen LogP contribution is -2.07. The Labute approximate surface area is 108 Å². The number of benzene rings is 2. The van der Waals surface area contributed by atoms with Crippen LogP contribution in [0.3, 0.4) is 0 Å². The summed E-state index contributed by atoms with van der Waals surface area (Å²) in [4.78, 5) is 0. The molecule has 0 aromatic heterocycles. The van der Waals surface area contributed by atoms with Crippen LogP contribution in [0.25, 0.3) is 0 Å². The molecule has 4 heteroatoms. The Hall–Kier alpha value is -2.28. The van der Waals surface area contributed by atoms with Crippen molar-refractivity contribution in [2.45, 2.75) is 12.1 Å². The molecule has 2 rings (SSSR count). The van der Waals surface area contributed by atoms with Crippen molar-refractivity contribution in [3.05, 3.63) is 71.3 Å². The molecule has 1 unspecified atom stereocenters. The zero-order chi connectivity index (χ0) is 13.9. The van der Waals surface area contributed by atoms with E-state index >= 15 is 0 Å². The van der Waals surface area contributed by atoms with Gasteiger partial charge in [-0.2, -0.15) is 18.4 Å². The van der Waals surface area contributed by atoms with E-state index in [2.05, 4.69) is 0 Å². The number of hydrogen-bond acceptors (Lipinski definition) is 1. The molecule has 0 fully saturated rings. The molecule has 2 aromatic rings. The molecule has 0 bridgehead atoms. The smallest absolute Gasteiger partial charge is 0.197 e. The van der Waals surface area contributed by atoms with E-state index in [0.29, 0.717) is 11.1 Å². The molecular weight excluding hydrogens is 251 g/mol. The minimum absolute atomic E-state index is 0.350. The fourth-order valence-electron chi connectivity index (χ4n) is 1.88. The summed E-state index contributed by atoms with van der Waals surface area (Å²) in [5, 5.41) is 9.20. The van der Waals surface area contributed by atoms with E-state index in [1.54, 1.807) is 30.3 Å². The molecule has 0 N–H and O–H groups in total. The van der Waals surface area contributed by atoms with Crippen LogP contribution in [0.5, 0.6) is 0 Å². The summed E-state index contributed by atoms with van der Waals surface area (Å²) in [5.41, 5.74) is 0.300. The van der Waals surface area contributed by atoms with Crippen LogP contribution in [0.15, 0.2) is 54.6 Å². The summed E-state index contributed by atoms with van der Waals surface area (Å²) >= 11 is 0. The standard InChI is InChI=1S/C15H10F3N/c16-15(17,18)13-8-4-7-12(9-13)14(10-19)11-5-2-1-3-6-11/h1-9,14H. The molecule has 0 aliphatic carbocycles. The van der Waals surface area contributed by atoms with Gasteiger partial charge in [-0.25, -0.2) is 0 Å². The summed E-state index contributed by atoms with van der Waals surface area (Å²) < 4.78 is 38.0. The molecule has 0 saturated carbocycles. The Morgan fingerprint density at radius 2 is 1.53 bits per heavy atom. The van der Waals surface area contributed by atoms with Crippen LogP contribution in [0, 0.1) is 11.3 Å². The minimum atomic E-state index is -4.40. The molecule has 19 heavy (non-hydrogen) atoms. The van der Waals surface area contributed by atoms with Crippen LogP contribution in [0.1, 0.15) is 22.6 Å². The highest BCUT2D eigenvalue weighted by Crippen LogP contribution is 2.32. The zero-order valence-corrected chi connectivity index (χ0v) is 9.85. The van der Waals surface area contributed by atoms with Gasteiger partial charge in [0.25, 0.3) is 0 Å². The monoisotopic (exact) mass is 261 g/mol. The van der Waals surface area contributed by atoms with Crippen molar-refractivity contribution in [1.82, 2.24) is 0 Å². The molecule has 0 heterocycles. The Bertz CT molecular complexity index is 597. The van der Waals surface area contributed by atoms with E-state index in [0.717, 1.165) is 12.1 Å². The van der Waals surface area contributed by atoms with Gasteiger partial charge in [-0.05, 0) is 17.2 Å². The summed E-state index contributed by atoms with van der Waals surface area (Å²) in [6, 6.07) is 15.7. The maximum atomic E-state index is 12.7. The van der Waals surface area contributed by atoms with E-state index in [4.69, 9.17) is 0 Å². The molecule has 0 spiro atoms. The van der Waals surface area contributed by atoms with Gasteiger partial charge in [-0.1, -0.05) is 48.5 Å². The van der Waals surface area contributed by atoms with Crippen LogP contribution < -0.4 is 0 Å². The van der Waals surface area contributed by atoms with Gasteiger partial charge >= 0.3 is 6.18 Å². The third-order valence-electron chi connectivity index (χ3n) is 2.81. The van der Waals surface area contributed by atoms with E-state index in [1.165, 1.54) is 12.1 Å². The minimum Gasteiger partial charge on any atom is -0.197 e. The quantitative estimate of drug-likeness (QED) is 0.787. The molecule has 0 aliphatic heterocycles. The summed E-state index contributed by atoms with van der Waals surface area (Å²) in [5.74, 6) is -0.691. The van der Waals surface area contributed by atoms with E-state index in [1.807, 2.05) is 6.07 Å². The second kappa shape index (κ2) is 5.15. The van der Waals surface area contributed by atoms with Crippen molar-refractivity contribution in [3.8, 4) is 6.07 Å². The number of rotatable bonds is 2. The van der Waals surface area contributed by atoms with Gasteiger partial charge in [-0.15, -0.1) is 0 Å². The third-order valence-corrected chi connectivity index (χ3v) is 2.81. The average Bonchev–Trinajstić information content (AvgIpc) is 2.40. The first-order chi connectivity index (χ1) is 9.02. The molecule has 0 aliphatic rings. The molecule has 1 atom stereocenters. The highest BCUT2D eigenvalue weighted by atomic mass is 19.4. The normalized spacial score (nSPS) is 12.7. The molecule has 1 nitrogen and oxygen atoms in total. The first-order valence-corrected chi connectivity index (χ1v) is 5.64. The number of nitrogens with zero attached hydrogens (tertiary/aromatic N) is 1. The van der Waals surface area contributed by atoms with Gasteiger partial charge in [0.15, 0.2) is 0 Å². The van der Waals surface area contributed by atoms with Crippen LogP contribution in [0.2, 0.25) is 0 Å². The lowest BCUT2D eigenvalue weighted by atomic mass is 9.91. The van der Waals surface area contributed by atoms with Crippen LogP contribution >= 0.6 is 0 Å². The van der Waals surface area contributed by atoms with Crippen molar-refractivity contribution in [3.63, 3.8) is 0 Å². The van der Waals surface area contributed by atoms with Gasteiger partial charge in [0, 0.05) is 0 Å². The third kappa shape index (κ3) is 2.94. The molecular formula is C15H10F3N. The zero-order valence-electron chi connectivity index (χ0n) is 9.85. The lowest BCUT2D eigenvalue weighted by Gasteiger charge is -2.13. The number of halogens is 3. The van der Waals surface area contributed by atoms with Crippen molar-refractivity contribution in [2.24, 2.45) is 0 Å². The first-order valence-electron chi connectivity index (χ1n) is 5.64. The van der Waals surface area contributed by atoms with Gasteiger partial charge in [-0.3, -0.25) is 0 Å². The molecule has 2 aromatic carbocycles. The summed E-state index contributed by atoms with van der Waals surface area (Å²) in [6.07, 6.45) is -4.40. The Kier molecular flexibility index (Phi) is 3.57. The Morgan fingerprint density at radius 3 is 2.11 bits per heavy atom. The number of nitriles is 1. The van der Waals surface area contributed by atoms with Gasteiger partial charge in [0.2, 0.25) is 0 Å². The largest absolute Gasteiger partial charge is 0.416 e. The fraction of sp³-hybridized carbons (Fsp3) is 0.133. The number of alkyl halides is 3. The van der Waals surface area contributed by atoms with Crippen LogP contribution in [0.4, 0.5) is 13.2 Å². The van der Waals surface area contributed by atoms with E-state index < -0.39 is 17.7 Å². The molecule has 0 amide bonds. The molecule has 96 valence electrons. The second-order valence-corrected chi connectivity index (χ2v) is 4.10. The number of hydrogen-bond donors (Lipinski definition) is 0. The first kappa shape index (κ1) is 13.2. The fourth-order valence-corrected chi connectivity index (χ4v) is 1.88. The maximum absolute atomic E-state index is 12.7. The maximum Gasteiger partial charge on any atom is 0.416 e. The van der Waals surface area contributed by atoms with Crippen molar-refractivity contribution in [2.75, 3.05) is 0 Å². The average molecular weight is 261 g/mol. The molecule has 0 saturated heterocycles. The van der Waals surface area contributed by atoms with Gasteiger partial charge in [0.1, 0.15) is 0 Å². The lowest BCUT2D eigenvalue weighted by molar-refractivity contribution is -0.137. The van der Waals surface area contributed by atoms with Crippen molar-refractivity contribution >= 4 is 0 Å². The van der Waals surface area contributed by atoms with E-state index in [-0.39, 0.29) is 0 Å². The Morgan fingerprint density at radius 1 is 0.895 bits per heavy atom. The van der Waals surface area contributed by atoms with E-state index in [9.17, 15) is 18.4 Å². The predicted molar refractivity (Wildman–Crippen MR) is 65.3 cm³/mol. The topological polar surface area (TPSA) is 23.8 Å². The highest BCUT2D eigenvalue weighted by Gasteiger charge is 2.31. The summed E-state index contributed by atoms with van der Waals surface area (Å²) in [7, 11) is 0. The van der Waals surface area contributed by atoms with Crippen molar-refractivity contribution in [1.29, 1.82) is 5.26 Å². The molecule has 0 radical (unpaired) electrons. The van der Waals surface area contributed by atoms with Crippen molar-refractivity contribution < 1.29 is 13.2 Å². The van der Waals surface area contributed by atoms with Crippen LogP contribution in [-0.2, 0) is 6.18 Å². The predicted octanol–water partition coefficient (Wildman–Crippen LogP) is 4.36. The Balaban J connectivity index is 2.44. The van der Waals surface area contributed by atoms with Crippen LogP contribution in [-0.4, -0.2) is 0 Å². The van der Waals surface area contributed by atoms with Gasteiger partial charge in [0.05, 0.1) is 17.6 Å². The SMILES string of the molecule is N#CC(c1ccccc1)c1cccc(C(F)(F)F)c1. The summed E-state index contributed by atoms with van der Waals surface area (Å²) in [6.45, 7) is 0. The highest BCUT2D eigenvalue weighted by molar-refractivity contribution is 5.40. The second-order valence-electron chi connectivity index (χ2n) is 4.10. The van der Waals surface area contributed by atoms with Gasteiger partial charge < -0.3 is 0 Å².